The predicted octanol–water partition coefficient (Wildman–Crippen LogP) is 6.93. The molecule has 0 saturated carbocycles. The molecule has 0 bridgehead atoms. The third-order valence-electron chi connectivity index (χ3n) is 5.04. The average molecular weight is 446 g/mol. The molecule has 7 heteroatoms. The van der Waals surface area contributed by atoms with E-state index in [9.17, 15) is 0 Å². The zero-order valence-corrected chi connectivity index (χ0v) is 19.8. The minimum Gasteiger partial charge on any atom is -0.337 e. The smallest absolute Gasteiger partial charge is 0.162 e. The number of benzene rings is 1. The highest BCUT2D eigenvalue weighted by Crippen LogP contribution is 2.35. The molecule has 2 heterocycles. The second-order valence-electron chi connectivity index (χ2n) is 7.70. The van der Waals surface area contributed by atoms with Crippen LogP contribution in [0.3, 0.4) is 0 Å². The van der Waals surface area contributed by atoms with Gasteiger partial charge >= 0.3 is 0 Å². The lowest BCUT2D eigenvalue weighted by atomic mass is 10.1. The summed E-state index contributed by atoms with van der Waals surface area (Å²) in [5.41, 5.74) is 4.99. The molecule has 0 aliphatic heterocycles. The molecule has 3 rings (SSSR count). The number of rotatable bonds is 8. The van der Waals surface area contributed by atoms with Gasteiger partial charge in [0.25, 0.3) is 0 Å². The molecule has 0 saturated heterocycles. The number of nitrogens with zero attached hydrogens (tertiary/aromatic N) is 4. The van der Waals surface area contributed by atoms with Gasteiger partial charge in [0.2, 0.25) is 0 Å². The van der Waals surface area contributed by atoms with Crippen molar-refractivity contribution in [2.24, 2.45) is 0 Å². The number of nitrogens with one attached hydrogen (secondary N) is 1. The summed E-state index contributed by atoms with van der Waals surface area (Å²) < 4.78 is 1.89. The van der Waals surface area contributed by atoms with Crippen LogP contribution in [-0.2, 0) is 12.8 Å². The molecule has 0 spiro atoms. The van der Waals surface area contributed by atoms with Gasteiger partial charge in [0.05, 0.1) is 21.4 Å². The summed E-state index contributed by atoms with van der Waals surface area (Å²) in [7, 11) is 0. The van der Waals surface area contributed by atoms with Gasteiger partial charge in [-0.3, -0.25) is 0 Å². The van der Waals surface area contributed by atoms with Crippen LogP contribution in [-0.4, -0.2) is 19.7 Å². The second-order valence-corrected chi connectivity index (χ2v) is 8.51. The summed E-state index contributed by atoms with van der Waals surface area (Å²) in [4.78, 5) is 9.28. The Morgan fingerprint density at radius 2 is 1.67 bits per heavy atom. The van der Waals surface area contributed by atoms with E-state index in [1.54, 1.807) is 0 Å². The summed E-state index contributed by atoms with van der Waals surface area (Å²) >= 11 is 12.9. The first-order chi connectivity index (χ1) is 14.3. The molecule has 5 nitrogen and oxygen atoms in total. The van der Waals surface area contributed by atoms with Crippen LogP contribution in [0.15, 0.2) is 18.3 Å². The Balaban J connectivity index is 2.03. The van der Waals surface area contributed by atoms with Gasteiger partial charge in [0.15, 0.2) is 5.82 Å². The van der Waals surface area contributed by atoms with Crippen LogP contribution in [0.1, 0.15) is 61.3 Å². The van der Waals surface area contributed by atoms with Crippen LogP contribution in [0.5, 0.6) is 0 Å². The molecule has 0 amide bonds. The Morgan fingerprint density at radius 1 is 0.967 bits per heavy atom. The number of aromatic nitrogens is 4. The van der Waals surface area contributed by atoms with Crippen LogP contribution in [0.4, 0.5) is 11.5 Å². The Morgan fingerprint density at radius 3 is 2.30 bits per heavy atom. The third kappa shape index (κ3) is 4.96. The van der Waals surface area contributed by atoms with Gasteiger partial charge < -0.3 is 5.32 Å². The maximum atomic E-state index is 6.43. The number of unbranched alkanes of at least 4 members (excludes halogenated alkanes) is 1. The van der Waals surface area contributed by atoms with E-state index in [0.29, 0.717) is 27.4 Å². The topological polar surface area (TPSA) is 55.6 Å². The molecule has 1 N–H and O–H groups in total. The lowest BCUT2D eigenvalue weighted by Crippen LogP contribution is -2.09. The zero-order chi connectivity index (χ0) is 21.8. The summed E-state index contributed by atoms with van der Waals surface area (Å²) in [6, 6.07) is 3.76. The van der Waals surface area contributed by atoms with Crippen molar-refractivity contribution >= 4 is 34.7 Å². The standard InChI is InChI=1S/C23H29Cl2N5/c1-6-8-10-20-17(9-7-2)13-30(29-20)23-15(4)22(26-16(5)27-23)28-21-18(24)11-14(3)12-19(21)25/h11-13H,6-10H2,1-5H3,(H,26,27,28). The lowest BCUT2D eigenvalue weighted by Gasteiger charge is -2.15. The fourth-order valence-electron chi connectivity index (χ4n) is 3.48. The van der Waals surface area contributed by atoms with E-state index < -0.39 is 0 Å². The van der Waals surface area contributed by atoms with Gasteiger partial charge in [-0.05, 0) is 63.3 Å². The van der Waals surface area contributed by atoms with Crippen molar-refractivity contribution in [1.29, 1.82) is 0 Å². The number of halogens is 2. The van der Waals surface area contributed by atoms with E-state index in [-0.39, 0.29) is 0 Å². The third-order valence-corrected chi connectivity index (χ3v) is 5.64. The highest BCUT2D eigenvalue weighted by Gasteiger charge is 2.17. The fourth-order valence-corrected chi connectivity index (χ4v) is 4.17. The van der Waals surface area contributed by atoms with Crippen LogP contribution in [0.25, 0.3) is 5.82 Å². The monoisotopic (exact) mass is 445 g/mol. The Bertz CT molecular complexity index is 1020. The summed E-state index contributed by atoms with van der Waals surface area (Å²) in [5, 5.41) is 9.31. The van der Waals surface area contributed by atoms with Gasteiger partial charge in [-0.2, -0.15) is 5.10 Å². The first kappa shape index (κ1) is 22.6. The molecule has 3 aromatic rings. The molecule has 160 valence electrons. The van der Waals surface area contributed by atoms with Crippen molar-refractivity contribution in [3.05, 3.63) is 56.6 Å². The minimum atomic E-state index is 0.559. The maximum absolute atomic E-state index is 6.43. The van der Waals surface area contributed by atoms with Gasteiger partial charge in [-0.25, -0.2) is 14.6 Å². The number of anilines is 2. The first-order valence-corrected chi connectivity index (χ1v) is 11.2. The van der Waals surface area contributed by atoms with E-state index in [2.05, 4.69) is 35.3 Å². The van der Waals surface area contributed by atoms with Crippen molar-refractivity contribution in [2.45, 2.75) is 66.7 Å². The Labute approximate surface area is 188 Å². The highest BCUT2D eigenvalue weighted by atomic mass is 35.5. The van der Waals surface area contributed by atoms with E-state index >= 15 is 0 Å². The molecular formula is C23H29Cl2N5. The van der Waals surface area contributed by atoms with Crippen molar-refractivity contribution in [3.8, 4) is 5.82 Å². The average Bonchev–Trinajstić information content (AvgIpc) is 3.08. The minimum absolute atomic E-state index is 0.559. The normalized spacial score (nSPS) is 11.2. The van der Waals surface area contributed by atoms with E-state index in [0.717, 1.165) is 54.7 Å². The fraction of sp³-hybridized carbons (Fsp3) is 0.435. The molecule has 0 atom stereocenters. The van der Waals surface area contributed by atoms with Gasteiger partial charge in [0, 0.05) is 11.8 Å². The second kappa shape index (κ2) is 9.80. The van der Waals surface area contributed by atoms with Crippen molar-refractivity contribution in [2.75, 3.05) is 5.32 Å². The molecular weight excluding hydrogens is 417 g/mol. The SMILES string of the molecule is CCCCc1nn(-c2nc(C)nc(Nc3c(Cl)cc(C)cc3Cl)c2C)cc1CCC. The number of hydrogen-bond acceptors (Lipinski definition) is 4. The molecule has 0 unspecified atom stereocenters. The Kier molecular flexibility index (Phi) is 7.37. The molecule has 0 radical (unpaired) electrons. The molecule has 0 aliphatic rings. The summed E-state index contributed by atoms with van der Waals surface area (Å²) in [6.45, 7) is 10.2. The maximum Gasteiger partial charge on any atom is 0.162 e. The lowest BCUT2D eigenvalue weighted by molar-refractivity contribution is 0.736. The van der Waals surface area contributed by atoms with Gasteiger partial charge in [-0.15, -0.1) is 0 Å². The van der Waals surface area contributed by atoms with Gasteiger partial charge in [-0.1, -0.05) is 49.9 Å². The molecule has 0 fully saturated rings. The van der Waals surface area contributed by atoms with Crippen LogP contribution in [0, 0.1) is 20.8 Å². The van der Waals surface area contributed by atoms with Crippen LogP contribution >= 0.6 is 23.2 Å². The van der Waals surface area contributed by atoms with E-state index in [4.69, 9.17) is 28.3 Å². The van der Waals surface area contributed by atoms with Crippen molar-refractivity contribution in [1.82, 2.24) is 19.7 Å². The van der Waals surface area contributed by atoms with Crippen molar-refractivity contribution in [3.63, 3.8) is 0 Å². The summed E-state index contributed by atoms with van der Waals surface area (Å²) in [5.74, 6) is 2.09. The van der Waals surface area contributed by atoms with Gasteiger partial charge in [0.1, 0.15) is 11.6 Å². The largest absolute Gasteiger partial charge is 0.337 e. The highest BCUT2D eigenvalue weighted by molar-refractivity contribution is 6.39. The summed E-state index contributed by atoms with van der Waals surface area (Å²) in [6.07, 6.45) is 7.48. The van der Waals surface area contributed by atoms with Crippen molar-refractivity contribution < 1.29 is 0 Å². The van der Waals surface area contributed by atoms with Crippen LogP contribution < -0.4 is 5.32 Å². The molecule has 0 aliphatic carbocycles. The predicted molar refractivity (Wildman–Crippen MR) is 126 cm³/mol. The molecule has 2 aromatic heterocycles. The van der Waals surface area contributed by atoms with E-state index in [1.165, 1.54) is 5.56 Å². The Hall–Kier alpha value is -2.11. The molecule has 30 heavy (non-hydrogen) atoms. The van der Waals surface area contributed by atoms with E-state index in [1.807, 2.05) is 37.6 Å². The van der Waals surface area contributed by atoms with Crippen LogP contribution in [0.2, 0.25) is 10.0 Å². The number of hydrogen-bond donors (Lipinski definition) is 1. The molecule has 1 aromatic carbocycles. The number of aryl methyl sites for hydroxylation is 4. The zero-order valence-electron chi connectivity index (χ0n) is 18.3. The quantitative estimate of drug-likeness (QED) is 0.408. The first-order valence-electron chi connectivity index (χ1n) is 10.5.